The topological polar surface area (TPSA) is 63.1 Å². The summed E-state index contributed by atoms with van der Waals surface area (Å²) in [6, 6.07) is 0. The van der Waals surface area contributed by atoms with E-state index >= 15 is 0 Å². The Morgan fingerprint density at radius 1 is 1.26 bits per heavy atom. The van der Waals surface area contributed by atoms with E-state index in [0.29, 0.717) is 5.92 Å². The summed E-state index contributed by atoms with van der Waals surface area (Å²) in [6.45, 7) is 7.75. The van der Waals surface area contributed by atoms with E-state index in [9.17, 15) is 4.79 Å². The van der Waals surface area contributed by atoms with Gasteiger partial charge < -0.3 is 5.11 Å². The maximum Gasteiger partial charge on any atom is 0.310 e. The average Bonchev–Trinajstić information content (AvgIpc) is 2.74. The fourth-order valence-electron chi connectivity index (χ4n) is 3.13. The molecule has 4 nitrogen and oxygen atoms in total. The van der Waals surface area contributed by atoms with Crippen LogP contribution in [-0.4, -0.2) is 21.0 Å². The minimum Gasteiger partial charge on any atom is -0.481 e. The fraction of sp³-hybridized carbons (Fsp3) is 0.667. The van der Waals surface area contributed by atoms with Crippen molar-refractivity contribution in [3.05, 3.63) is 22.8 Å². The van der Waals surface area contributed by atoms with Crippen LogP contribution < -0.4 is 0 Å². The maximum absolute atomic E-state index is 11.1. The first-order valence-electron chi connectivity index (χ1n) is 6.98. The Bertz CT molecular complexity index is 476. The van der Waals surface area contributed by atoms with E-state index in [2.05, 4.69) is 16.9 Å². The maximum atomic E-state index is 11.1. The summed E-state index contributed by atoms with van der Waals surface area (Å²) in [5.74, 6) is 0.725. The lowest BCUT2D eigenvalue weighted by Gasteiger charge is -2.16. The second-order valence-corrected chi connectivity index (χ2v) is 5.84. The molecule has 19 heavy (non-hydrogen) atoms. The number of carbonyl (C=O) groups is 1. The van der Waals surface area contributed by atoms with Crippen LogP contribution in [-0.2, 0) is 4.79 Å². The summed E-state index contributed by atoms with van der Waals surface area (Å²) in [5.41, 5.74) is 2.40. The van der Waals surface area contributed by atoms with Crippen molar-refractivity contribution in [2.75, 3.05) is 0 Å². The molecule has 0 aliphatic heterocycles. The van der Waals surface area contributed by atoms with E-state index in [0.717, 1.165) is 41.5 Å². The lowest BCUT2D eigenvalue weighted by atomic mass is 9.97. The Kier molecular flexibility index (Phi) is 3.88. The van der Waals surface area contributed by atoms with Gasteiger partial charge >= 0.3 is 5.97 Å². The normalized spacial score (nSPS) is 24.4. The van der Waals surface area contributed by atoms with Crippen molar-refractivity contribution in [3.8, 4) is 0 Å². The molecule has 0 saturated heterocycles. The average molecular weight is 262 g/mol. The Hall–Kier alpha value is -1.45. The van der Waals surface area contributed by atoms with Gasteiger partial charge in [-0.25, -0.2) is 9.97 Å². The van der Waals surface area contributed by atoms with Crippen molar-refractivity contribution in [1.82, 2.24) is 9.97 Å². The first kappa shape index (κ1) is 14.0. The highest BCUT2D eigenvalue weighted by molar-refractivity contribution is 5.76. The number of nitrogens with zero attached hydrogens (tertiary/aromatic N) is 2. The minimum atomic E-state index is -0.822. The zero-order valence-electron chi connectivity index (χ0n) is 12.1. The molecular formula is C15H22N2O2. The van der Waals surface area contributed by atoms with E-state index < -0.39 is 11.9 Å². The van der Waals surface area contributed by atoms with Crippen molar-refractivity contribution >= 4 is 5.97 Å². The SMILES string of the molecule is Cc1nc(C2CCC(C)C2)nc(C)c1C(C)C(=O)O. The highest BCUT2D eigenvalue weighted by Crippen LogP contribution is 2.37. The zero-order chi connectivity index (χ0) is 14.2. The quantitative estimate of drug-likeness (QED) is 0.908. The molecule has 1 heterocycles. The van der Waals surface area contributed by atoms with Gasteiger partial charge in [0.15, 0.2) is 0 Å². The van der Waals surface area contributed by atoms with Crippen LogP contribution in [0.4, 0.5) is 0 Å². The minimum absolute atomic E-state index is 0.446. The molecule has 104 valence electrons. The molecule has 0 aromatic carbocycles. The van der Waals surface area contributed by atoms with Crippen LogP contribution in [0.5, 0.6) is 0 Å². The van der Waals surface area contributed by atoms with Crippen LogP contribution in [0.2, 0.25) is 0 Å². The third kappa shape index (κ3) is 2.77. The number of hydrogen-bond donors (Lipinski definition) is 1. The van der Waals surface area contributed by atoms with Crippen LogP contribution in [0.1, 0.15) is 67.7 Å². The zero-order valence-corrected chi connectivity index (χ0v) is 12.1. The van der Waals surface area contributed by atoms with Crippen molar-refractivity contribution in [2.45, 2.75) is 58.8 Å². The summed E-state index contributed by atoms with van der Waals surface area (Å²) >= 11 is 0. The van der Waals surface area contributed by atoms with E-state index in [1.54, 1.807) is 6.92 Å². The Labute approximate surface area is 114 Å². The van der Waals surface area contributed by atoms with Gasteiger partial charge in [-0.1, -0.05) is 6.92 Å². The molecule has 0 spiro atoms. The van der Waals surface area contributed by atoms with Crippen LogP contribution in [0.25, 0.3) is 0 Å². The monoisotopic (exact) mass is 262 g/mol. The van der Waals surface area contributed by atoms with Crippen LogP contribution in [0.15, 0.2) is 0 Å². The Balaban J connectivity index is 2.34. The molecule has 3 unspecified atom stereocenters. The second kappa shape index (κ2) is 5.27. The Morgan fingerprint density at radius 2 is 1.84 bits per heavy atom. The molecular weight excluding hydrogens is 240 g/mol. The van der Waals surface area contributed by atoms with Gasteiger partial charge in [0.1, 0.15) is 5.82 Å². The smallest absolute Gasteiger partial charge is 0.310 e. The Morgan fingerprint density at radius 3 is 2.26 bits per heavy atom. The highest BCUT2D eigenvalue weighted by Gasteiger charge is 2.27. The first-order chi connectivity index (χ1) is 8.90. The summed E-state index contributed by atoms with van der Waals surface area (Å²) in [5, 5.41) is 9.14. The molecule has 1 aliphatic rings. The van der Waals surface area contributed by atoms with Gasteiger partial charge in [-0.2, -0.15) is 0 Å². The number of aryl methyl sites for hydroxylation is 2. The van der Waals surface area contributed by atoms with Gasteiger partial charge in [-0.3, -0.25) is 4.79 Å². The molecule has 3 atom stereocenters. The van der Waals surface area contributed by atoms with Crippen molar-refractivity contribution in [3.63, 3.8) is 0 Å². The van der Waals surface area contributed by atoms with Crippen molar-refractivity contribution in [1.29, 1.82) is 0 Å². The fourth-order valence-corrected chi connectivity index (χ4v) is 3.13. The van der Waals surface area contributed by atoms with Gasteiger partial charge in [-0.15, -0.1) is 0 Å². The molecule has 1 aromatic rings. The number of hydrogen-bond acceptors (Lipinski definition) is 3. The molecule has 2 rings (SSSR count). The van der Waals surface area contributed by atoms with Crippen molar-refractivity contribution < 1.29 is 9.90 Å². The molecule has 1 saturated carbocycles. The molecule has 1 N–H and O–H groups in total. The van der Waals surface area contributed by atoms with E-state index in [1.165, 1.54) is 6.42 Å². The molecule has 0 bridgehead atoms. The van der Waals surface area contributed by atoms with Crippen LogP contribution in [0, 0.1) is 19.8 Å². The van der Waals surface area contributed by atoms with E-state index in [4.69, 9.17) is 5.11 Å². The van der Waals surface area contributed by atoms with Gasteiger partial charge in [0.2, 0.25) is 0 Å². The highest BCUT2D eigenvalue weighted by atomic mass is 16.4. The van der Waals surface area contributed by atoms with E-state index in [-0.39, 0.29) is 0 Å². The molecule has 1 fully saturated rings. The summed E-state index contributed by atoms with van der Waals surface area (Å²) < 4.78 is 0. The van der Waals surface area contributed by atoms with Gasteiger partial charge in [0.25, 0.3) is 0 Å². The third-order valence-electron chi connectivity index (χ3n) is 4.21. The lowest BCUT2D eigenvalue weighted by Crippen LogP contribution is -2.15. The van der Waals surface area contributed by atoms with Gasteiger partial charge in [0, 0.05) is 22.9 Å². The number of rotatable bonds is 3. The molecule has 0 radical (unpaired) electrons. The second-order valence-electron chi connectivity index (χ2n) is 5.84. The van der Waals surface area contributed by atoms with Crippen LogP contribution >= 0.6 is 0 Å². The number of carboxylic acid groups (broad SMARTS) is 1. The van der Waals surface area contributed by atoms with Gasteiger partial charge in [-0.05, 0) is 46.0 Å². The predicted molar refractivity (Wildman–Crippen MR) is 73.3 cm³/mol. The molecule has 4 heteroatoms. The predicted octanol–water partition coefficient (Wildman–Crippen LogP) is 3.19. The lowest BCUT2D eigenvalue weighted by molar-refractivity contribution is -0.138. The van der Waals surface area contributed by atoms with Crippen molar-refractivity contribution in [2.24, 2.45) is 5.92 Å². The summed E-state index contributed by atoms with van der Waals surface area (Å²) in [4.78, 5) is 20.3. The largest absolute Gasteiger partial charge is 0.481 e. The third-order valence-corrected chi connectivity index (χ3v) is 4.21. The summed E-state index contributed by atoms with van der Waals surface area (Å²) in [7, 11) is 0. The first-order valence-corrected chi connectivity index (χ1v) is 6.98. The van der Waals surface area contributed by atoms with Crippen LogP contribution in [0.3, 0.4) is 0 Å². The summed E-state index contributed by atoms with van der Waals surface area (Å²) in [6.07, 6.45) is 3.53. The van der Waals surface area contributed by atoms with E-state index in [1.807, 2.05) is 13.8 Å². The standard InChI is InChI=1S/C15H22N2O2/c1-8-5-6-12(7-8)14-16-10(3)13(11(4)17-14)9(2)15(18)19/h8-9,12H,5-7H2,1-4H3,(H,18,19). The number of aliphatic carboxylic acids is 1. The number of carboxylic acids is 1. The van der Waals surface area contributed by atoms with Gasteiger partial charge in [0.05, 0.1) is 5.92 Å². The number of aromatic nitrogens is 2. The molecule has 1 aromatic heterocycles. The molecule has 1 aliphatic carbocycles. The molecule has 0 amide bonds.